The Morgan fingerprint density at radius 1 is 1.24 bits per heavy atom. The van der Waals surface area contributed by atoms with Gasteiger partial charge in [0.15, 0.2) is 5.69 Å². The number of oxazole rings is 1. The summed E-state index contributed by atoms with van der Waals surface area (Å²) in [4.78, 5) is 38.4. The van der Waals surface area contributed by atoms with Crippen LogP contribution >= 0.6 is 0 Å². The number of hydrogen-bond donors (Lipinski definition) is 1. The molecule has 1 aromatic rings. The van der Waals surface area contributed by atoms with Gasteiger partial charge >= 0.3 is 0 Å². The SMILES string of the molecule is C=CCC[C@@H](O)CN1CCN(Cc2nc(C(=O)N3CCC[C@H](C(=O)N(CC)CC)C3)co2)CC1. The van der Waals surface area contributed by atoms with E-state index >= 15 is 0 Å². The second-order valence-corrected chi connectivity index (χ2v) is 9.32. The Morgan fingerprint density at radius 2 is 1.94 bits per heavy atom. The molecule has 0 radical (unpaired) electrons. The zero-order valence-electron chi connectivity index (χ0n) is 20.8. The molecule has 9 heteroatoms. The van der Waals surface area contributed by atoms with Crippen LogP contribution in [0.5, 0.6) is 0 Å². The van der Waals surface area contributed by atoms with Crippen LogP contribution in [0.15, 0.2) is 23.3 Å². The van der Waals surface area contributed by atoms with Crippen LogP contribution in [0.2, 0.25) is 0 Å². The van der Waals surface area contributed by atoms with E-state index in [4.69, 9.17) is 4.42 Å². The molecule has 34 heavy (non-hydrogen) atoms. The molecule has 0 unspecified atom stereocenters. The number of nitrogens with zero attached hydrogens (tertiary/aromatic N) is 5. The van der Waals surface area contributed by atoms with Gasteiger partial charge in [-0.05, 0) is 39.5 Å². The minimum Gasteiger partial charge on any atom is -0.447 e. The van der Waals surface area contributed by atoms with Crippen molar-refractivity contribution in [3.63, 3.8) is 0 Å². The predicted molar refractivity (Wildman–Crippen MR) is 130 cm³/mol. The summed E-state index contributed by atoms with van der Waals surface area (Å²) in [6.07, 6.45) is 6.18. The largest absolute Gasteiger partial charge is 0.447 e. The van der Waals surface area contributed by atoms with Crippen molar-refractivity contribution in [2.45, 2.75) is 52.2 Å². The molecule has 190 valence electrons. The van der Waals surface area contributed by atoms with Crippen molar-refractivity contribution in [1.82, 2.24) is 24.6 Å². The van der Waals surface area contributed by atoms with Crippen LogP contribution in [-0.4, -0.2) is 107 Å². The normalized spacial score (nSPS) is 20.8. The quantitative estimate of drug-likeness (QED) is 0.488. The molecule has 9 nitrogen and oxygen atoms in total. The molecule has 0 bridgehead atoms. The zero-order chi connectivity index (χ0) is 24.5. The van der Waals surface area contributed by atoms with Gasteiger partial charge in [0.05, 0.1) is 18.6 Å². The van der Waals surface area contributed by atoms with E-state index in [1.54, 1.807) is 4.90 Å². The van der Waals surface area contributed by atoms with Crippen LogP contribution in [0.4, 0.5) is 0 Å². The molecule has 0 aromatic carbocycles. The molecule has 3 rings (SSSR count). The summed E-state index contributed by atoms with van der Waals surface area (Å²) >= 11 is 0. The first-order valence-electron chi connectivity index (χ1n) is 12.7. The van der Waals surface area contributed by atoms with Crippen molar-refractivity contribution in [2.75, 3.05) is 58.9 Å². The van der Waals surface area contributed by atoms with Crippen LogP contribution in [-0.2, 0) is 11.3 Å². The molecule has 0 saturated carbocycles. The lowest BCUT2D eigenvalue weighted by Crippen LogP contribution is -2.48. The average molecular weight is 476 g/mol. The van der Waals surface area contributed by atoms with E-state index in [0.29, 0.717) is 50.9 Å². The third kappa shape index (κ3) is 7.13. The van der Waals surface area contributed by atoms with E-state index in [-0.39, 0.29) is 23.8 Å². The number of amides is 2. The molecular formula is C25H41N5O4. The number of carbonyl (C=O) groups is 2. The smallest absolute Gasteiger partial charge is 0.275 e. The second-order valence-electron chi connectivity index (χ2n) is 9.32. The summed E-state index contributed by atoms with van der Waals surface area (Å²) in [6.45, 7) is 14.9. The highest BCUT2D eigenvalue weighted by Crippen LogP contribution is 2.21. The summed E-state index contributed by atoms with van der Waals surface area (Å²) in [5.74, 6) is 0.368. The highest BCUT2D eigenvalue weighted by Gasteiger charge is 2.32. The Morgan fingerprint density at radius 3 is 2.62 bits per heavy atom. The zero-order valence-corrected chi connectivity index (χ0v) is 20.8. The average Bonchev–Trinajstić information content (AvgIpc) is 3.32. The number of aliphatic hydroxyl groups is 1. The summed E-state index contributed by atoms with van der Waals surface area (Å²) in [6, 6.07) is 0. The molecule has 2 aliphatic heterocycles. The topological polar surface area (TPSA) is 93.4 Å². The summed E-state index contributed by atoms with van der Waals surface area (Å²) in [7, 11) is 0. The maximum Gasteiger partial charge on any atom is 0.275 e. The molecule has 3 heterocycles. The Balaban J connectivity index is 1.47. The van der Waals surface area contributed by atoms with Crippen LogP contribution in [0, 0.1) is 5.92 Å². The number of aromatic nitrogens is 1. The highest BCUT2D eigenvalue weighted by molar-refractivity contribution is 5.92. The number of aliphatic hydroxyl groups excluding tert-OH is 1. The first-order chi connectivity index (χ1) is 16.4. The summed E-state index contributed by atoms with van der Waals surface area (Å²) in [5, 5.41) is 10.1. The van der Waals surface area contributed by atoms with Gasteiger partial charge in [-0.2, -0.15) is 0 Å². The van der Waals surface area contributed by atoms with Gasteiger partial charge in [0.25, 0.3) is 5.91 Å². The third-order valence-corrected chi connectivity index (χ3v) is 6.90. The van der Waals surface area contributed by atoms with E-state index in [9.17, 15) is 14.7 Å². The van der Waals surface area contributed by atoms with Gasteiger partial charge in [-0.1, -0.05) is 6.08 Å². The fourth-order valence-electron chi connectivity index (χ4n) is 4.82. The molecular weight excluding hydrogens is 434 g/mol. The fraction of sp³-hybridized carbons (Fsp3) is 0.720. The number of hydrogen-bond acceptors (Lipinski definition) is 7. The van der Waals surface area contributed by atoms with Crippen molar-refractivity contribution < 1.29 is 19.1 Å². The Kier molecular flexibility index (Phi) is 10.1. The molecule has 1 N–H and O–H groups in total. The number of rotatable bonds is 11. The third-order valence-electron chi connectivity index (χ3n) is 6.90. The second kappa shape index (κ2) is 13.0. The maximum atomic E-state index is 13.0. The summed E-state index contributed by atoms with van der Waals surface area (Å²) < 4.78 is 5.62. The molecule has 0 spiro atoms. The lowest BCUT2D eigenvalue weighted by molar-refractivity contribution is -0.136. The van der Waals surface area contributed by atoms with E-state index < -0.39 is 0 Å². The van der Waals surface area contributed by atoms with Crippen LogP contribution < -0.4 is 0 Å². The number of β-amino-alcohol motifs (C(OH)–C–C–N with tert-alkyl or cyclic N) is 1. The van der Waals surface area contributed by atoms with E-state index in [0.717, 1.165) is 51.9 Å². The van der Waals surface area contributed by atoms with E-state index in [1.165, 1.54) is 6.26 Å². The molecule has 0 aliphatic carbocycles. The lowest BCUT2D eigenvalue weighted by atomic mass is 9.96. The number of piperazine rings is 1. The van der Waals surface area contributed by atoms with Crippen molar-refractivity contribution in [1.29, 1.82) is 0 Å². The lowest BCUT2D eigenvalue weighted by Gasteiger charge is -2.35. The van der Waals surface area contributed by atoms with Crippen molar-refractivity contribution in [3.8, 4) is 0 Å². The van der Waals surface area contributed by atoms with E-state index in [1.807, 2.05) is 24.8 Å². The summed E-state index contributed by atoms with van der Waals surface area (Å²) in [5.41, 5.74) is 0.315. The van der Waals surface area contributed by atoms with Gasteiger partial charge in [0.1, 0.15) is 6.26 Å². The van der Waals surface area contributed by atoms with Crippen molar-refractivity contribution in [2.24, 2.45) is 5.92 Å². The first kappa shape index (κ1) is 26.4. The van der Waals surface area contributed by atoms with Crippen molar-refractivity contribution in [3.05, 3.63) is 30.5 Å². The predicted octanol–water partition coefficient (Wildman–Crippen LogP) is 1.84. The Labute approximate surface area is 203 Å². The number of allylic oxidation sites excluding steroid dienone is 1. The standard InChI is InChI=1S/C25H41N5O4/c1-4-7-10-21(31)17-27-12-14-28(15-13-27)18-23-26-22(19-34-23)25(33)30-11-8-9-20(16-30)24(32)29(5-2)6-3/h4,19-21,31H,1,5-18H2,2-3H3/t20-,21+/m0/s1. The van der Waals surface area contributed by atoms with Crippen LogP contribution in [0.3, 0.4) is 0 Å². The minimum absolute atomic E-state index is 0.135. The van der Waals surface area contributed by atoms with Crippen LogP contribution in [0.25, 0.3) is 0 Å². The molecule has 2 amide bonds. The van der Waals surface area contributed by atoms with E-state index in [2.05, 4.69) is 21.4 Å². The monoisotopic (exact) mass is 475 g/mol. The molecule has 2 fully saturated rings. The Bertz CT molecular complexity index is 801. The number of piperidine rings is 1. The minimum atomic E-state index is -0.318. The number of likely N-dealkylation sites (tertiary alicyclic amines) is 1. The highest BCUT2D eigenvalue weighted by atomic mass is 16.3. The van der Waals surface area contributed by atoms with Gasteiger partial charge in [0, 0.05) is 58.9 Å². The van der Waals surface area contributed by atoms with Gasteiger partial charge in [0.2, 0.25) is 11.8 Å². The van der Waals surface area contributed by atoms with Crippen LogP contribution in [0.1, 0.15) is 55.9 Å². The van der Waals surface area contributed by atoms with Gasteiger partial charge < -0.3 is 19.3 Å². The first-order valence-corrected chi connectivity index (χ1v) is 12.7. The Hall–Kier alpha value is -2.23. The van der Waals surface area contributed by atoms with Gasteiger partial charge in [-0.15, -0.1) is 6.58 Å². The maximum absolute atomic E-state index is 13.0. The number of carbonyl (C=O) groups excluding carboxylic acids is 2. The molecule has 2 saturated heterocycles. The molecule has 2 aliphatic rings. The van der Waals surface area contributed by atoms with Gasteiger partial charge in [-0.25, -0.2) is 4.98 Å². The molecule has 1 aromatic heterocycles. The van der Waals surface area contributed by atoms with Crippen molar-refractivity contribution >= 4 is 11.8 Å². The molecule has 2 atom stereocenters. The fourth-order valence-corrected chi connectivity index (χ4v) is 4.82. The van der Waals surface area contributed by atoms with Gasteiger partial charge in [-0.3, -0.25) is 19.4 Å².